The Kier molecular flexibility index (Phi) is 3.70. The SMILES string of the molecule is Cc1cccc2c3ccccc3n(-c3cc(C#N)cc(-c4ccncc4)c3)c12. The maximum absolute atomic E-state index is 9.64. The van der Waals surface area contributed by atoms with Crippen molar-refractivity contribution in [1.29, 1.82) is 5.26 Å². The molecular formula is C25H17N3. The molecule has 132 valence electrons. The van der Waals surface area contributed by atoms with Crippen LogP contribution in [0.25, 0.3) is 38.6 Å². The topological polar surface area (TPSA) is 41.6 Å². The smallest absolute Gasteiger partial charge is 0.0992 e. The summed E-state index contributed by atoms with van der Waals surface area (Å²) in [7, 11) is 0. The molecule has 2 heterocycles. The number of hydrogen-bond acceptors (Lipinski definition) is 2. The van der Waals surface area contributed by atoms with Gasteiger partial charge in [-0.3, -0.25) is 4.98 Å². The van der Waals surface area contributed by atoms with Gasteiger partial charge in [-0.05, 0) is 60.0 Å². The number of hydrogen-bond donors (Lipinski definition) is 0. The van der Waals surface area contributed by atoms with E-state index in [0.717, 1.165) is 22.3 Å². The van der Waals surface area contributed by atoms with Crippen LogP contribution in [0.1, 0.15) is 11.1 Å². The normalized spacial score (nSPS) is 11.0. The van der Waals surface area contributed by atoms with Gasteiger partial charge in [0.15, 0.2) is 0 Å². The molecule has 0 radical (unpaired) electrons. The molecule has 28 heavy (non-hydrogen) atoms. The highest BCUT2D eigenvalue weighted by Crippen LogP contribution is 2.35. The quantitative estimate of drug-likeness (QED) is 0.386. The molecule has 0 aliphatic carbocycles. The van der Waals surface area contributed by atoms with E-state index in [9.17, 15) is 5.26 Å². The van der Waals surface area contributed by atoms with Crippen LogP contribution in [0.2, 0.25) is 0 Å². The standard InChI is InChI=1S/C25H17N3/c1-17-5-4-7-23-22-6-2-3-8-24(22)28(25(17)23)21-14-18(16-26)13-20(15-21)19-9-11-27-12-10-19/h2-15H,1H3. The van der Waals surface area contributed by atoms with Crippen LogP contribution in [0.4, 0.5) is 0 Å². The Labute approximate surface area is 163 Å². The highest BCUT2D eigenvalue weighted by molar-refractivity contribution is 6.10. The average Bonchev–Trinajstić information content (AvgIpc) is 3.10. The van der Waals surface area contributed by atoms with Crippen molar-refractivity contribution in [2.45, 2.75) is 6.92 Å². The molecule has 0 spiro atoms. The van der Waals surface area contributed by atoms with E-state index in [1.807, 2.05) is 24.3 Å². The van der Waals surface area contributed by atoms with Crippen LogP contribution in [-0.2, 0) is 0 Å². The van der Waals surface area contributed by atoms with E-state index in [1.165, 1.54) is 21.9 Å². The Morgan fingerprint density at radius 3 is 2.43 bits per heavy atom. The van der Waals surface area contributed by atoms with Crippen molar-refractivity contribution in [3.8, 4) is 22.9 Å². The van der Waals surface area contributed by atoms with Gasteiger partial charge in [0, 0.05) is 28.9 Å². The second-order valence-electron chi connectivity index (χ2n) is 6.94. The van der Waals surface area contributed by atoms with Gasteiger partial charge in [0.2, 0.25) is 0 Å². The number of nitriles is 1. The highest BCUT2D eigenvalue weighted by Gasteiger charge is 2.15. The van der Waals surface area contributed by atoms with Crippen LogP contribution < -0.4 is 0 Å². The molecule has 3 nitrogen and oxygen atoms in total. The first kappa shape index (κ1) is 16.3. The molecule has 2 aromatic heterocycles. The Hall–Kier alpha value is -3.90. The minimum absolute atomic E-state index is 0.642. The number of aryl methyl sites for hydroxylation is 1. The first-order valence-corrected chi connectivity index (χ1v) is 9.21. The fourth-order valence-electron chi connectivity index (χ4n) is 3.97. The van der Waals surface area contributed by atoms with Gasteiger partial charge in [0.1, 0.15) is 0 Å². The average molecular weight is 359 g/mol. The number of fused-ring (bicyclic) bond motifs is 3. The Morgan fingerprint density at radius 2 is 1.61 bits per heavy atom. The zero-order valence-corrected chi connectivity index (χ0v) is 15.4. The minimum atomic E-state index is 0.642. The zero-order valence-electron chi connectivity index (χ0n) is 15.4. The number of benzene rings is 3. The Morgan fingerprint density at radius 1 is 0.821 bits per heavy atom. The second kappa shape index (κ2) is 6.37. The number of rotatable bonds is 2. The molecule has 0 unspecified atom stereocenters. The van der Waals surface area contributed by atoms with E-state index in [4.69, 9.17) is 0 Å². The lowest BCUT2D eigenvalue weighted by molar-refractivity contribution is 1.16. The van der Waals surface area contributed by atoms with E-state index in [1.54, 1.807) is 12.4 Å². The van der Waals surface area contributed by atoms with Gasteiger partial charge in [0.25, 0.3) is 0 Å². The van der Waals surface area contributed by atoms with Crippen molar-refractivity contribution < 1.29 is 0 Å². The predicted molar refractivity (Wildman–Crippen MR) is 113 cm³/mol. The maximum Gasteiger partial charge on any atom is 0.0992 e. The van der Waals surface area contributed by atoms with Gasteiger partial charge in [-0.2, -0.15) is 5.26 Å². The molecule has 0 amide bonds. The molecule has 0 fully saturated rings. The number of aromatic nitrogens is 2. The summed E-state index contributed by atoms with van der Waals surface area (Å²) in [4.78, 5) is 4.11. The third-order valence-corrected chi connectivity index (χ3v) is 5.22. The molecule has 0 N–H and O–H groups in total. The van der Waals surface area contributed by atoms with Gasteiger partial charge in [0.05, 0.1) is 22.7 Å². The van der Waals surface area contributed by atoms with Gasteiger partial charge in [-0.15, -0.1) is 0 Å². The second-order valence-corrected chi connectivity index (χ2v) is 6.94. The molecule has 0 aliphatic heterocycles. The molecule has 5 aromatic rings. The summed E-state index contributed by atoms with van der Waals surface area (Å²) < 4.78 is 2.27. The summed E-state index contributed by atoms with van der Waals surface area (Å²) >= 11 is 0. The van der Waals surface area contributed by atoms with E-state index in [-0.39, 0.29) is 0 Å². The minimum Gasteiger partial charge on any atom is -0.309 e. The third-order valence-electron chi connectivity index (χ3n) is 5.22. The molecule has 0 atom stereocenters. The van der Waals surface area contributed by atoms with E-state index in [2.05, 4.69) is 71.1 Å². The fraction of sp³-hybridized carbons (Fsp3) is 0.0400. The third kappa shape index (κ3) is 2.47. The van der Waals surface area contributed by atoms with Crippen molar-refractivity contribution in [1.82, 2.24) is 9.55 Å². The molecule has 3 aromatic carbocycles. The molecule has 5 rings (SSSR count). The Bertz CT molecular complexity index is 1370. The number of nitrogens with zero attached hydrogens (tertiary/aromatic N) is 3. The molecule has 0 aliphatic rings. The summed E-state index contributed by atoms with van der Waals surface area (Å²) in [5.41, 5.74) is 7.22. The lowest BCUT2D eigenvalue weighted by atomic mass is 10.0. The van der Waals surface area contributed by atoms with Crippen LogP contribution in [-0.4, -0.2) is 9.55 Å². The fourth-order valence-corrected chi connectivity index (χ4v) is 3.97. The summed E-state index contributed by atoms with van der Waals surface area (Å²) in [6.07, 6.45) is 3.55. The molecule has 0 saturated carbocycles. The zero-order chi connectivity index (χ0) is 19.1. The van der Waals surface area contributed by atoms with E-state index >= 15 is 0 Å². The van der Waals surface area contributed by atoms with Crippen LogP contribution in [0.15, 0.2) is 85.2 Å². The highest BCUT2D eigenvalue weighted by atomic mass is 15.0. The van der Waals surface area contributed by atoms with Gasteiger partial charge in [-0.1, -0.05) is 36.4 Å². The van der Waals surface area contributed by atoms with Gasteiger partial charge in [-0.25, -0.2) is 0 Å². The number of para-hydroxylation sites is 2. The number of pyridine rings is 1. The predicted octanol–water partition coefficient (Wildman–Crippen LogP) is 6.03. The van der Waals surface area contributed by atoms with Crippen molar-refractivity contribution in [2.24, 2.45) is 0 Å². The lowest BCUT2D eigenvalue weighted by Gasteiger charge is -2.12. The van der Waals surface area contributed by atoms with Crippen LogP contribution in [0.3, 0.4) is 0 Å². The summed E-state index contributed by atoms with van der Waals surface area (Å²) in [5.74, 6) is 0. The Balaban J connectivity index is 1.89. The molecule has 3 heteroatoms. The van der Waals surface area contributed by atoms with Crippen molar-refractivity contribution in [2.75, 3.05) is 0 Å². The van der Waals surface area contributed by atoms with E-state index < -0.39 is 0 Å². The molecule has 0 saturated heterocycles. The van der Waals surface area contributed by atoms with E-state index in [0.29, 0.717) is 5.56 Å². The summed E-state index contributed by atoms with van der Waals surface area (Å²) in [6.45, 7) is 2.13. The summed E-state index contributed by atoms with van der Waals surface area (Å²) in [5, 5.41) is 12.1. The largest absolute Gasteiger partial charge is 0.309 e. The monoisotopic (exact) mass is 359 g/mol. The maximum atomic E-state index is 9.64. The van der Waals surface area contributed by atoms with Gasteiger partial charge >= 0.3 is 0 Å². The van der Waals surface area contributed by atoms with Crippen molar-refractivity contribution >= 4 is 21.8 Å². The van der Waals surface area contributed by atoms with Crippen LogP contribution in [0, 0.1) is 18.3 Å². The van der Waals surface area contributed by atoms with Crippen LogP contribution >= 0.6 is 0 Å². The van der Waals surface area contributed by atoms with Gasteiger partial charge < -0.3 is 4.57 Å². The molecular weight excluding hydrogens is 342 g/mol. The first-order valence-electron chi connectivity index (χ1n) is 9.21. The first-order chi connectivity index (χ1) is 13.8. The molecule has 0 bridgehead atoms. The van der Waals surface area contributed by atoms with Crippen LogP contribution in [0.5, 0.6) is 0 Å². The van der Waals surface area contributed by atoms with Crippen molar-refractivity contribution in [3.05, 3.63) is 96.3 Å². The lowest BCUT2D eigenvalue weighted by Crippen LogP contribution is -1.97. The van der Waals surface area contributed by atoms with Crippen molar-refractivity contribution in [3.63, 3.8) is 0 Å². The summed E-state index contributed by atoms with van der Waals surface area (Å²) in [6, 6.07) is 27.1.